The number of nitrogens with zero attached hydrogens (tertiary/aromatic N) is 3. The summed E-state index contributed by atoms with van der Waals surface area (Å²) in [5, 5.41) is 15.5. The van der Waals surface area contributed by atoms with Crippen LogP contribution in [0.4, 0.5) is 20.2 Å². The molecule has 8 heteroatoms. The quantitative estimate of drug-likeness (QED) is 0.669. The van der Waals surface area contributed by atoms with Gasteiger partial charge in [0.05, 0.1) is 17.9 Å². The number of nitrogens with two attached hydrogens (primary N) is 1. The van der Waals surface area contributed by atoms with Gasteiger partial charge >= 0.3 is 0 Å². The molecule has 0 fully saturated rings. The number of tetrazole rings is 1. The fourth-order valence-electron chi connectivity index (χ4n) is 1.17. The molecule has 1 heterocycles. The molecule has 2 rings (SSSR count). The van der Waals surface area contributed by atoms with Gasteiger partial charge in [0.15, 0.2) is 17.5 Å². The molecule has 4 N–H and O–H groups in total. The maximum atomic E-state index is 13.3. The Hall–Kier alpha value is -2.25. The zero-order chi connectivity index (χ0) is 11.5. The summed E-state index contributed by atoms with van der Waals surface area (Å²) >= 11 is 0. The summed E-state index contributed by atoms with van der Waals surface area (Å²) in [5.74, 6) is -1.67. The highest BCUT2D eigenvalue weighted by atomic mass is 19.2. The van der Waals surface area contributed by atoms with Crippen LogP contribution in [0.25, 0.3) is 0 Å². The summed E-state index contributed by atoms with van der Waals surface area (Å²) in [6, 6.07) is 2.24. The van der Waals surface area contributed by atoms with Gasteiger partial charge in [0, 0.05) is 0 Å². The van der Waals surface area contributed by atoms with Crippen LogP contribution in [0.5, 0.6) is 0 Å². The van der Waals surface area contributed by atoms with Crippen molar-refractivity contribution in [3.05, 3.63) is 29.6 Å². The Morgan fingerprint density at radius 2 is 2.19 bits per heavy atom. The van der Waals surface area contributed by atoms with Gasteiger partial charge in [0.1, 0.15) is 0 Å². The largest absolute Gasteiger partial charge is 0.397 e. The van der Waals surface area contributed by atoms with E-state index in [0.717, 1.165) is 6.07 Å². The molecule has 0 aliphatic carbocycles. The van der Waals surface area contributed by atoms with Crippen molar-refractivity contribution in [2.45, 2.75) is 6.54 Å². The molecule has 0 radical (unpaired) electrons. The molecule has 0 unspecified atom stereocenters. The third kappa shape index (κ3) is 1.90. The Balaban J connectivity index is 2.18. The van der Waals surface area contributed by atoms with Crippen LogP contribution in [0.3, 0.4) is 0 Å². The molecule has 0 spiro atoms. The number of halogens is 2. The van der Waals surface area contributed by atoms with E-state index in [1.165, 1.54) is 6.07 Å². The molecule has 0 bridgehead atoms. The van der Waals surface area contributed by atoms with E-state index < -0.39 is 11.6 Å². The number of nitrogen functional groups attached to an aromatic ring is 1. The van der Waals surface area contributed by atoms with E-state index in [0.29, 0.717) is 5.82 Å². The van der Waals surface area contributed by atoms with Crippen LogP contribution in [0.2, 0.25) is 0 Å². The topological polar surface area (TPSA) is 92.5 Å². The SMILES string of the molecule is Nc1ccc(F)c(F)c1NCc1nn[nH]n1. The Kier molecular flexibility index (Phi) is 2.63. The molecular weight excluding hydrogens is 218 g/mol. The summed E-state index contributed by atoms with van der Waals surface area (Å²) in [6.07, 6.45) is 0. The van der Waals surface area contributed by atoms with Crippen LogP contribution in [0.1, 0.15) is 5.82 Å². The molecule has 0 atom stereocenters. The average molecular weight is 226 g/mol. The van der Waals surface area contributed by atoms with Gasteiger partial charge in [-0.05, 0) is 12.1 Å². The highest BCUT2D eigenvalue weighted by molar-refractivity contribution is 5.66. The summed E-state index contributed by atoms with van der Waals surface area (Å²) < 4.78 is 26.2. The minimum Gasteiger partial charge on any atom is -0.397 e. The van der Waals surface area contributed by atoms with Gasteiger partial charge in [0.2, 0.25) is 0 Å². The van der Waals surface area contributed by atoms with Crippen molar-refractivity contribution < 1.29 is 8.78 Å². The van der Waals surface area contributed by atoms with E-state index >= 15 is 0 Å². The van der Waals surface area contributed by atoms with E-state index in [1.807, 2.05) is 0 Å². The minimum atomic E-state index is -1.02. The van der Waals surface area contributed by atoms with Crippen LogP contribution >= 0.6 is 0 Å². The lowest BCUT2D eigenvalue weighted by Gasteiger charge is -2.08. The van der Waals surface area contributed by atoms with Crippen LogP contribution in [-0.2, 0) is 6.54 Å². The molecule has 0 amide bonds. The van der Waals surface area contributed by atoms with Gasteiger partial charge in [-0.1, -0.05) is 5.21 Å². The number of hydrogen-bond acceptors (Lipinski definition) is 5. The van der Waals surface area contributed by atoms with E-state index in [2.05, 4.69) is 25.9 Å². The van der Waals surface area contributed by atoms with Gasteiger partial charge in [-0.3, -0.25) is 0 Å². The number of nitrogens with one attached hydrogen (secondary N) is 2. The van der Waals surface area contributed by atoms with E-state index in [4.69, 9.17) is 5.73 Å². The zero-order valence-corrected chi connectivity index (χ0v) is 8.04. The number of aromatic amines is 1. The number of hydrogen-bond donors (Lipinski definition) is 3. The number of aromatic nitrogens is 4. The first-order valence-corrected chi connectivity index (χ1v) is 4.38. The van der Waals surface area contributed by atoms with Crippen LogP contribution in [0.15, 0.2) is 12.1 Å². The monoisotopic (exact) mass is 226 g/mol. The first kappa shape index (κ1) is 10.3. The summed E-state index contributed by atoms with van der Waals surface area (Å²) in [4.78, 5) is 0. The Morgan fingerprint density at radius 1 is 1.38 bits per heavy atom. The Morgan fingerprint density at radius 3 is 2.88 bits per heavy atom. The van der Waals surface area contributed by atoms with Gasteiger partial charge < -0.3 is 11.1 Å². The first-order chi connectivity index (χ1) is 7.68. The smallest absolute Gasteiger partial charge is 0.193 e. The molecule has 6 nitrogen and oxygen atoms in total. The number of H-pyrrole nitrogens is 1. The fraction of sp³-hybridized carbons (Fsp3) is 0.125. The number of benzene rings is 1. The molecule has 0 saturated heterocycles. The van der Waals surface area contributed by atoms with Crippen LogP contribution in [-0.4, -0.2) is 20.6 Å². The van der Waals surface area contributed by atoms with Crippen molar-refractivity contribution in [2.24, 2.45) is 0 Å². The van der Waals surface area contributed by atoms with Crippen molar-refractivity contribution >= 4 is 11.4 Å². The third-order valence-electron chi connectivity index (χ3n) is 1.94. The second kappa shape index (κ2) is 4.09. The Bertz CT molecular complexity index is 484. The van der Waals surface area contributed by atoms with Crippen LogP contribution < -0.4 is 11.1 Å². The molecule has 0 saturated carbocycles. The van der Waals surface area contributed by atoms with Crippen LogP contribution in [0, 0.1) is 11.6 Å². The predicted molar refractivity (Wildman–Crippen MR) is 52.3 cm³/mol. The lowest BCUT2D eigenvalue weighted by Crippen LogP contribution is -2.07. The predicted octanol–water partition coefficient (Wildman–Crippen LogP) is 0.672. The summed E-state index contributed by atoms with van der Waals surface area (Å²) in [6.45, 7) is 0.0983. The van der Waals surface area contributed by atoms with Crippen molar-refractivity contribution in [1.82, 2.24) is 20.6 Å². The lowest BCUT2D eigenvalue weighted by molar-refractivity contribution is 0.511. The van der Waals surface area contributed by atoms with E-state index in [1.54, 1.807) is 0 Å². The third-order valence-corrected chi connectivity index (χ3v) is 1.94. The summed E-state index contributed by atoms with van der Waals surface area (Å²) in [5.41, 5.74) is 5.50. The zero-order valence-electron chi connectivity index (χ0n) is 8.04. The molecule has 1 aromatic heterocycles. The highest BCUT2D eigenvalue weighted by Gasteiger charge is 2.11. The highest BCUT2D eigenvalue weighted by Crippen LogP contribution is 2.24. The van der Waals surface area contributed by atoms with Crippen molar-refractivity contribution in [1.29, 1.82) is 0 Å². The standard InChI is InChI=1S/C8H8F2N6/c9-4-1-2-5(11)8(7(4)10)12-3-6-13-15-16-14-6/h1-2,12H,3,11H2,(H,13,14,15,16). The molecule has 2 aromatic rings. The van der Waals surface area contributed by atoms with Gasteiger partial charge in [-0.15, -0.1) is 10.2 Å². The molecular formula is C8H8F2N6. The second-order valence-corrected chi connectivity index (χ2v) is 3.01. The summed E-state index contributed by atoms with van der Waals surface area (Å²) in [7, 11) is 0. The van der Waals surface area contributed by atoms with Gasteiger partial charge in [-0.25, -0.2) is 8.78 Å². The van der Waals surface area contributed by atoms with E-state index in [-0.39, 0.29) is 17.9 Å². The molecule has 0 aliphatic rings. The molecule has 16 heavy (non-hydrogen) atoms. The maximum absolute atomic E-state index is 13.3. The number of rotatable bonds is 3. The minimum absolute atomic E-state index is 0.0983. The van der Waals surface area contributed by atoms with Crippen molar-refractivity contribution in [2.75, 3.05) is 11.1 Å². The molecule has 1 aromatic carbocycles. The first-order valence-electron chi connectivity index (χ1n) is 4.38. The van der Waals surface area contributed by atoms with E-state index in [9.17, 15) is 8.78 Å². The fourth-order valence-corrected chi connectivity index (χ4v) is 1.17. The normalized spacial score (nSPS) is 10.4. The number of anilines is 2. The average Bonchev–Trinajstić information content (AvgIpc) is 2.77. The Labute approximate surface area is 88.8 Å². The van der Waals surface area contributed by atoms with Gasteiger partial charge in [0.25, 0.3) is 0 Å². The van der Waals surface area contributed by atoms with Gasteiger partial charge in [-0.2, -0.15) is 5.21 Å². The second-order valence-electron chi connectivity index (χ2n) is 3.01. The maximum Gasteiger partial charge on any atom is 0.193 e. The molecule has 0 aliphatic heterocycles. The lowest BCUT2D eigenvalue weighted by atomic mass is 10.2. The van der Waals surface area contributed by atoms with Crippen molar-refractivity contribution in [3.8, 4) is 0 Å². The van der Waals surface area contributed by atoms with Crippen molar-refractivity contribution in [3.63, 3.8) is 0 Å². The molecule has 84 valence electrons.